The lowest BCUT2D eigenvalue weighted by molar-refractivity contribution is -0.201. The standard InChI is InChI=1S/C26H38N2O6SSi/c1-9-30-19-15-20(35-17-13-11-10-12-14-17)28(24(29)27-19)23-22-21(33-26(5,6)34-22)18(32-23)16-31-36(7,8)25(2,3)4/h10-15,18,21-23H,9,16H2,1-8H3/t18-,21-,22-,23-/m1/s1. The van der Waals surface area contributed by atoms with E-state index in [1.165, 1.54) is 11.8 Å². The summed E-state index contributed by atoms with van der Waals surface area (Å²) in [5.74, 6) is -0.518. The van der Waals surface area contributed by atoms with E-state index in [1.807, 2.05) is 51.1 Å². The first-order valence-corrected chi connectivity index (χ1v) is 16.2. The summed E-state index contributed by atoms with van der Waals surface area (Å²) in [6.45, 7) is 17.4. The molecule has 2 fully saturated rings. The Morgan fingerprint density at radius 3 is 2.44 bits per heavy atom. The molecule has 2 aromatic rings. The van der Waals surface area contributed by atoms with E-state index in [4.69, 9.17) is 23.4 Å². The second kappa shape index (κ2) is 10.2. The van der Waals surface area contributed by atoms with E-state index in [-0.39, 0.29) is 23.1 Å². The van der Waals surface area contributed by atoms with Crippen LogP contribution in [0.25, 0.3) is 0 Å². The Morgan fingerprint density at radius 2 is 1.81 bits per heavy atom. The highest BCUT2D eigenvalue weighted by Gasteiger charge is 2.57. The molecule has 1 aromatic heterocycles. The molecule has 4 rings (SSSR count). The first-order chi connectivity index (χ1) is 16.8. The quantitative estimate of drug-likeness (QED) is 0.336. The van der Waals surface area contributed by atoms with Gasteiger partial charge in [0.15, 0.2) is 20.3 Å². The topological polar surface area (TPSA) is 81.0 Å². The summed E-state index contributed by atoms with van der Waals surface area (Å²) in [4.78, 5) is 18.5. The molecule has 1 aromatic carbocycles. The maximum absolute atomic E-state index is 13.4. The second-order valence-electron chi connectivity index (χ2n) is 11.1. The first kappa shape index (κ1) is 27.3. The number of benzene rings is 1. The molecule has 10 heteroatoms. The minimum Gasteiger partial charge on any atom is -0.478 e. The third-order valence-corrected chi connectivity index (χ3v) is 12.5. The molecule has 0 saturated carbocycles. The number of fused-ring (bicyclic) bond motifs is 1. The van der Waals surface area contributed by atoms with Crippen LogP contribution in [0.2, 0.25) is 18.1 Å². The highest BCUT2D eigenvalue weighted by Crippen LogP contribution is 2.45. The minimum absolute atomic E-state index is 0.0617. The number of rotatable bonds is 8. The normalized spacial score (nSPS) is 25.7. The van der Waals surface area contributed by atoms with E-state index >= 15 is 0 Å². The van der Waals surface area contributed by atoms with Crippen LogP contribution in [0.5, 0.6) is 5.88 Å². The molecule has 36 heavy (non-hydrogen) atoms. The fourth-order valence-electron chi connectivity index (χ4n) is 4.10. The summed E-state index contributed by atoms with van der Waals surface area (Å²) in [6, 6.07) is 11.6. The lowest BCUT2D eigenvalue weighted by Crippen LogP contribution is -2.44. The van der Waals surface area contributed by atoms with E-state index in [2.05, 4.69) is 38.8 Å². The third kappa shape index (κ3) is 5.73. The van der Waals surface area contributed by atoms with Crippen LogP contribution in [-0.4, -0.2) is 55.2 Å². The molecule has 2 aliphatic heterocycles. The average Bonchev–Trinajstić information content (AvgIpc) is 3.25. The SMILES string of the molecule is CCOc1cc(Sc2ccccc2)n([C@@H]2O[C@H](CO[Si](C)(C)C(C)(C)C)[C@H]3OC(C)(C)O[C@H]32)c(=O)n1. The van der Waals surface area contributed by atoms with Crippen LogP contribution in [0.1, 0.15) is 47.8 Å². The van der Waals surface area contributed by atoms with Crippen molar-refractivity contribution in [3.8, 4) is 5.88 Å². The van der Waals surface area contributed by atoms with E-state index in [0.717, 1.165) is 4.90 Å². The minimum atomic E-state index is -2.02. The van der Waals surface area contributed by atoms with Crippen LogP contribution in [0, 0.1) is 0 Å². The van der Waals surface area contributed by atoms with E-state index < -0.39 is 32.1 Å². The zero-order valence-electron chi connectivity index (χ0n) is 22.4. The molecule has 0 spiro atoms. The smallest absolute Gasteiger partial charge is 0.353 e. The van der Waals surface area contributed by atoms with Crippen LogP contribution in [0.4, 0.5) is 0 Å². The van der Waals surface area contributed by atoms with Crippen molar-refractivity contribution in [1.82, 2.24) is 9.55 Å². The molecule has 0 radical (unpaired) electrons. The predicted molar refractivity (Wildman–Crippen MR) is 141 cm³/mol. The van der Waals surface area contributed by atoms with Crippen molar-refractivity contribution in [2.75, 3.05) is 13.2 Å². The Bertz CT molecular complexity index is 1120. The number of nitrogens with zero attached hydrogens (tertiary/aromatic N) is 2. The van der Waals surface area contributed by atoms with Gasteiger partial charge in [-0.05, 0) is 51.0 Å². The lowest BCUT2D eigenvalue weighted by atomic mass is 10.1. The Kier molecular flexibility index (Phi) is 7.77. The molecule has 0 unspecified atom stereocenters. The summed E-state index contributed by atoms with van der Waals surface area (Å²) in [5.41, 5.74) is -0.456. The Labute approximate surface area is 218 Å². The number of aromatic nitrogens is 2. The Hall–Kier alpha value is -1.69. The summed E-state index contributed by atoms with van der Waals surface area (Å²) in [5, 5.41) is 0.722. The van der Waals surface area contributed by atoms with Crippen LogP contribution in [-0.2, 0) is 18.6 Å². The molecular formula is C26H38N2O6SSi. The summed E-state index contributed by atoms with van der Waals surface area (Å²) < 4.78 is 32.7. The zero-order valence-corrected chi connectivity index (χ0v) is 24.3. The average molecular weight is 535 g/mol. The van der Waals surface area contributed by atoms with Gasteiger partial charge in [0.05, 0.1) is 18.2 Å². The van der Waals surface area contributed by atoms with Crippen molar-refractivity contribution in [2.45, 2.75) is 99.9 Å². The maximum Gasteiger partial charge on any atom is 0.353 e. The number of hydrogen-bond donors (Lipinski definition) is 0. The van der Waals surface area contributed by atoms with E-state index in [0.29, 0.717) is 18.2 Å². The largest absolute Gasteiger partial charge is 0.478 e. The first-order valence-electron chi connectivity index (χ1n) is 12.5. The van der Waals surface area contributed by atoms with Gasteiger partial charge in [0.25, 0.3) is 0 Å². The maximum atomic E-state index is 13.4. The van der Waals surface area contributed by atoms with Crippen molar-refractivity contribution < 1.29 is 23.4 Å². The van der Waals surface area contributed by atoms with E-state index in [9.17, 15) is 4.79 Å². The predicted octanol–water partition coefficient (Wildman–Crippen LogP) is 5.23. The van der Waals surface area contributed by atoms with Crippen LogP contribution < -0.4 is 10.4 Å². The second-order valence-corrected chi connectivity index (χ2v) is 17.0. The van der Waals surface area contributed by atoms with Gasteiger partial charge in [-0.25, -0.2) is 4.79 Å². The van der Waals surface area contributed by atoms with Crippen LogP contribution >= 0.6 is 11.8 Å². The summed E-state index contributed by atoms with van der Waals surface area (Å²) >= 11 is 1.45. The molecule has 198 valence electrons. The van der Waals surface area contributed by atoms with Gasteiger partial charge in [-0.1, -0.05) is 50.7 Å². The van der Waals surface area contributed by atoms with Gasteiger partial charge in [-0.15, -0.1) is 0 Å². The molecule has 4 atom stereocenters. The van der Waals surface area contributed by atoms with Crippen molar-refractivity contribution in [3.05, 3.63) is 46.9 Å². The van der Waals surface area contributed by atoms with Gasteiger partial charge in [-0.3, -0.25) is 4.57 Å². The fourth-order valence-corrected chi connectivity index (χ4v) is 6.09. The monoisotopic (exact) mass is 534 g/mol. The van der Waals surface area contributed by atoms with Gasteiger partial charge in [-0.2, -0.15) is 4.98 Å². The highest BCUT2D eigenvalue weighted by molar-refractivity contribution is 7.99. The van der Waals surface area contributed by atoms with Gasteiger partial charge in [0, 0.05) is 11.0 Å². The number of ether oxygens (including phenoxy) is 4. The van der Waals surface area contributed by atoms with Crippen molar-refractivity contribution >= 4 is 20.1 Å². The summed E-state index contributed by atoms with van der Waals surface area (Å²) in [6.07, 6.45) is -1.96. The van der Waals surface area contributed by atoms with Crippen molar-refractivity contribution in [2.24, 2.45) is 0 Å². The van der Waals surface area contributed by atoms with Crippen LogP contribution in [0.3, 0.4) is 0 Å². The Balaban J connectivity index is 1.69. The third-order valence-electron chi connectivity index (χ3n) is 6.95. The molecule has 0 amide bonds. The molecule has 2 saturated heterocycles. The van der Waals surface area contributed by atoms with E-state index in [1.54, 1.807) is 10.6 Å². The molecular weight excluding hydrogens is 496 g/mol. The molecule has 3 heterocycles. The molecule has 0 N–H and O–H groups in total. The summed E-state index contributed by atoms with van der Waals surface area (Å²) in [7, 11) is -2.02. The van der Waals surface area contributed by atoms with Crippen molar-refractivity contribution in [1.29, 1.82) is 0 Å². The zero-order chi connectivity index (χ0) is 26.3. The molecule has 2 aliphatic rings. The number of hydrogen-bond acceptors (Lipinski definition) is 8. The van der Waals surface area contributed by atoms with Crippen LogP contribution in [0.15, 0.2) is 51.1 Å². The molecule has 0 aliphatic carbocycles. The van der Waals surface area contributed by atoms with Gasteiger partial charge in [0.1, 0.15) is 18.3 Å². The van der Waals surface area contributed by atoms with Gasteiger partial charge in [0.2, 0.25) is 5.88 Å². The van der Waals surface area contributed by atoms with Gasteiger partial charge >= 0.3 is 5.69 Å². The molecule has 8 nitrogen and oxygen atoms in total. The molecule has 0 bridgehead atoms. The Morgan fingerprint density at radius 1 is 1.14 bits per heavy atom. The lowest BCUT2D eigenvalue weighted by Gasteiger charge is -2.37. The fraction of sp³-hybridized carbons (Fsp3) is 0.615. The van der Waals surface area contributed by atoms with Crippen molar-refractivity contribution in [3.63, 3.8) is 0 Å². The highest BCUT2D eigenvalue weighted by atomic mass is 32.2. The van der Waals surface area contributed by atoms with Gasteiger partial charge < -0.3 is 23.4 Å².